The van der Waals surface area contributed by atoms with E-state index in [1.54, 1.807) is 10.9 Å². The van der Waals surface area contributed by atoms with Crippen molar-refractivity contribution in [3.63, 3.8) is 0 Å². The van der Waals surface area contributed by atoms with Crippen LogP contribution in [0.15, 0.2) is 24.5 Å². The summed E-state index contributed by atoms with van der Waals surface area (Å²) in [5.41, 5.74) is 8.53. The predicted molar refractivity (Wildman–Crippen MR) is 55.6 cm³/mol. The zero-order valence-corrected chi connectivity index (χ0v) is 8.23. The zero-order valence-electron chi connectivity index (χ0n) is 8.23. The van der Waals surface area contributed by atoms with Gasteiger partial charge in [-0.2, -0.15) is 5.10 Å². The highest BCUT2D eigenvalue weighted by Crippen LogP contribution is 2.19. The van der Waals surface area contributed by atoms with Gasteiger partial charge in [-0.3, -0.25) is 4.68 Å². The number of nitrogens with zero attached hydrogens (tertiary/aromatic N) is 3. The number of rotatable bonds is 1. The molecule has 2 heterocycles. The molecule has 0 saturated carbocycles. The zero-order chi connectivity index (χ0) is 10.1. The lowest BCUT2D eigenvalue weighted by atomic mass is 10.1. The standard InChI is InChI=1S/C10H12N4/c1-7-5-8(6-12-10(7)11)9-3-4-14(2)13-9/h3-6H,1-2H3,(H2,11,12). The van der Waals surface area contributed by atoms with Gasteiger partial charge in [-0.05, 0) is 24.6 Å². The van der Waals surface area contributed by atoms with Gasteiger partial charge in [-0.1, -0.05) is 0 Å². The first-order valence-corrected chi connectivity index (χ1v) is 4.39. The van der Waals surface area contributed by atoms with Gasteiger partial charge in [-0.25, -0.2) is 4.98 Å². The second-order valence-electron chi connectivity index (χ2n) is 3.30. The number of anilines is 1. The van der Waals surface area contributed by atoms with Gasteiger partial charge in [0.1, 0.15) is 5.82 Å². The van der Waals surface area contributed by atoms with E-state index in [-0.39, 0.29) is 0 Å². The Hall–Kier alpha value is -1.84. The molecule has 0 amide bonds. The molecule has 0 fully saturated rings. The van der Waals surface area contributed by atoms with Gasteiger partial charge in [0.25, 0.3) is 0 Å². The summed E-state index contributed by atoms with van der Waals surface area (Å²) < 4.78 is 1.76. The Morgan fingerprint density at radius 1 is 1.43 bits per heavy atom. The summed E-state index contributed by atoms with van der Waals surface area (Å²) in [6.45, 7) is 1.94. The van der Waals surface area contributed by atoms with Crippen LogP contribution in [0.4, 0.5) is 5.82 Å². The number of nitrogens with two attached hydrogens (primary N) is 1. The van der Waals surface area contributed by atoms with E-state index < -0.39 is 0 Å². The van der Waals surface area contributed by atoms with Crippen LogP contribution in [-0.4, -0.2) is 14.8 Å². The van der Waals surface area contributed by atoms with Crippen LogP contribution < -0.4 is 5.73 Å². The maximum Gasteiger partial charge on any atom is 0.126 e. The van der Waals surface area contributed by atoms with Crippen LogP contribution >= 0.6 is 0 Å². The third-order valence-electron chi connectivity index (χ3n) is 2.13. The molecular weight excluding hydrogens is 176 g/mol. The quantitative estimate of drug-likeness (QED) is 0.735. The molecule has 0 bridgehead atoms. The molecule has 0 saturated heterocycles. The minimum atomic E-state index is 0.574. The molecule has 0 radical (unpaired) electrons. The predicted octanol–water partition coefficient (Wildman–Crippen LogP) is 1.37. The monoisotopic (exact) mass is 188 g/mol. The summed E-state index contributed by atoms with van der Waals surface area (Å²) in [4.78, 5) is 4.09. The van der Waals surface area contributed by atoms with E-state index in [9.17, 15) is 0 Å². The highest BCUT2D eigenvalue weighted by molar-refractivity contribution is 5.60. The molecule has 0 aliphatic rings. The fraction of sp³-hybridized carbons (Fsp3) is 0.200. The Labute approximate surface area is 82.4 Å². The van der Waals surface area contributed by atoms with Crippen molar-refractivity contribution in [1.29, 1.82) is 0 Å². The molecule has 2 aromatic heterocycles. The molecule has 0 aromatic carbocycles. The van der Waals surface area contributed by atoms with Gasteiger partial charge in [0.2, 0.25) is 0 Å². The van der Waals surface area contributed by atoms with Crippen LogP contribution in [0.3, 0.4) is 0 Å². The number of aryl methyl sites for hydroxylation is 2. The molecule has 4 heteroatoms. The van der Waals surface area contributed by atoms with Gasteiger partial charge >= 0.3 is 0 Å². The van der Waals surface area contributed by atoms with Crippen molar-refractivity contribution in [3.05, 3.63) is 30.1 Å². The van der Waals surface area contributed by atoms with Crippen molar-refractivity contribution in [3.8, 4) is 11.3 Å². The Bertz CT molecular complexity index is 459. The highest BCUT2D eigenvalue weighted by atomic mass is 15.2. The van der Waals surface area contributed by atoms with Crippen molar-refractivity contribution in [2.45, 2.75) is 6.92 Å². The molecular formula is C10H12N4. The Morgan fingerprint density at radius 3 is 2.79 bits per heavy atom. The number of hydrogen-bond acceptors (Lipinski definition) is 3. The summed E-state index contributed by atoms with van der Waals surface area (Å²) >= 11 is 0. The number of hydrogen-bond donors (Lipinski definition) is 1. The average Bonchev–Trinajstić information content (AvgIpc) is 2.57. The maximum atomic E-state index is 5.64. The SMILES string of the molecule is Cc1cc(-c2ccn(C)n2)cnc1N. The average molecular weight is 188 g/mol. The first-order valence-electron chi connectivity index (χ1n) is 4.39. The fourth-order valence-electron chi connectivity index (χ4n) is 1.29. The summed E-state index contributed by atoms with van der Waals surface area (Å²) in [7, 11) is 1.89. The van der Waals surface area contributed by atoms with Crippen molar-refractivity contribution >= 4 is 5.82 Å². The molecule has 0 spiro atoms. The minimum Gasteiger partial charge on any atom is -0.383 e. The molecule has 0 aliphatic carbocycles. The summed E-state index contributed by atoms with van der Waals surface area (Å²) in [5.74, 6) is 0.574. The van der Waals surface area contributed by atoms with E-state index in [2.05, 4.69) is 10.1 Å². The topological polar surface area (TPSA) is 56.7 Å². The summed E-state index contributed by atoms with van der Waals surface area (Å²) in [5, 5.41) is 4.29. The fourth-order valence-corrected chi connectivity index (χ4v) is 1.29. The van der Waals surface area contributed by atoms with Crippen molar-refractivity contribution < 1.29 is 0 Å². The van der Waals surface area contributed by atoms with Crippen molar-refractivity contribution in [1.82, 2.24) is 14.8 Å². The Balaban J connectivity index is 2.47. The van der Waals surface area contributed by atoms with Crippen LogP contribution in [0.2, 0.25) is 0 Å². The van der Waals surface area contributed by atoms with Gasteiger partial charge in [0.15, 0.2) is 0 Å². The van der Waals surface area contributed by atoms with Crippen LogP contribution in [-0.2, 0) is 7.05 Å². The first-order chi connectivity index (χ1) is 6.66. The summed E-state index contributed by atoms with van der Waals surface area (Å²) in [6.07, 6.45) is 3.64. The van der Waals surface area contributed by atoms with Crippen LogP contribution in [0, 0.1) is 6.92 Å². The lowest BCUT2D eigenvalue weighted by Gasteiger charge is -2.00. The molecule has 4 nitrogen and oxygen atoms in total. The van der Waals surface area contributed by atoms with Gasteiger partial charge in [0.05, 0.1) is 5.69 Å². The van der Waals surface area contributed by atoms with E-state index >= 15 is 0 Å². The number of pyridine rings is 1. The largest absolute Gasteiger partial charge is 0.383 e. The lowest BCUT2D eigenvalue weighted by Crippen LogP contribution is -1.94. The highest BCUT2D eigenvalue weighted by Gasteiger charge is 2.03. The van der Waals surface area contributed by atoms with Crippen LogP contribution in [0.1, 0.15) is 5.56 Å². The second kappa shape index (κ2) is 3.14. The second-order valence-corrected chi connectivity index (χ2v) is 3.30. The molecule has 0 aliphatic heterocycles. The molecule has 2 rings (SSSR count). The lowest BCUT2D eigenvalue weighted by molar-refractivity contribution is 0.771. The third kappa shape index (κ3) is 1.46. The Kier molecular flexibility index (Phi) is 1.96. The molecule has 14 heavy (non-hydrogen) atoms. The van der Waals surface area contributed by atoms with Crippen molar-refractivity contribution in [2.75, 3.05) is 5.73 Å². The Morgan fingerprint density at radius 2 is 2.21 bits per heavy atom. The molecule has 0 unspecified atom stereocenters. The van der Waals surface area contributed by atoms with Crippen LogP contribution in [0.25, 0.3) is 11.3 Å². The first kappa shape index (κ1) is 8.74. The van der Waals surface area contributed by atoms with E-state index in [0.717, 1.165) is 16.8 Å². The normalized spacial score (nSPS) is 10.4. The molecule has 2 N–H and O–H groups in total. The number of nitrogen functional groups attached to an aromatic ring is 1. The maximum absolute atomic E-state index is 5.64. The van der Waals surface area contributed by atoms with Crippen molar-refractivity contribution in [2.24, 2.45) is 7.05 Å². The van der Waals surface area contributed by atoms with E-state index in [1.165, 1.54) is 0 Å². The van der Waals surface area contributed by atoms with Gasteiger partial charge in [-0.15, -0.1) is 0 Å². The van der Waals surface area contributed by atoms with E-state index in [0.29, 0.717) is 5.82 Å². The minimum absolute atomic E-state index is 0.574. The van der Waals surface area contributed by atoms with E-state index in [4.69, 9.17) is 5.73 Å². The molecule has 2 aromatic rings. The van der Waals surface area contributed by atoms with Gasteiger partial charge in [0, 0.05) is 25.0 Å². The van der Waals surface area contributed by atoms with Crippen LogP contribution in [0.5, 0.6) is 0 Å². The van der Waals surface area contributed by atoms with Gasteiger partial charge < -0.3 is 5.73 Å². The third-order valence-corrected chi connectivity index (χ3v) is 2.13. The molecule has 0 atom stereocenters. The summed E-state index contributed by atoms with van der Waals surface area (Å²) in [6, 6.07) is 3.94. The smallest absolute Gasteiger partial charge is 0.126 e. The molecule has 72 valence electrons. The van der Waals surface area contributed by atoms with E-state index in [1.807, 2.05) is 32.3 Å². The number of aromatic nitrogens is 3.